The van der Waals surface area contributed by atoms with Gasteiger partial charge in [-0.1, -0.05) is 52.4 Å². The average molecular weight is 265 g/mol. The number of hydrogen-bond donors (Lipinski definition) is 0. The van der Waals surface area contributed by atoms with Gasteiger partial charge in [-0.25, -0.2) is 9.13 Å². The Morgan fingerprint density at radius 2 is 1.53 bits per heavy atom. The monoisotopic (exact) mass is 265 g/mol. The largest absolute Gasteiger partial charge is 0.256 e. The maximum Gasteiger partial charge on any atom is 0.256 e. The highest BCUT2D eigenvalue weighted by Gasteiger charge is 2.13. The third kappa shape index (κ3) is 6.26. The van der Waals surface area contributed by atoms with Crippen LogP contribution < -0.4 is 4.57 Å². The standard InChI is InChI=1S/C17H33N2/c1-4-6-8-9-10-11-13-17-18(3)15-16-19(17)14-12-7-5-2/h15-16H,4-14H2,1-3H3/q+1. The molecule has 0 aliphatic rings. The SMILES string of the molecule is CCCCCCCCc1n(CCCCC)cc[n+]1C. The van der Waals surface area contributed by atoms with E-state index in [4.69, 9.17) is 0 Å². The topological polar surface area (TPSA) is 8.81 Å². The van der Waals surface area contributed by atoms with E-state index in [0.29, 0.717) is 0 Å². The predicted molar refractivity (Wildman–Crippen MR) is 82.2 cm³/mol. The predicted octanol–water partition coefficient (Wildman–Crippen LogP) is 4.41. The van der Waals surface area contributed by atoms with E-state index in [1.807, 2.05) is 0 Å². The smallest absolute Gasteiger partial charge is 0.237 e. The van der Waals surface area contributed by atoms with Gasteiger partial charge in [0.05, 0.1) is 13.6 Å². The number of rotatable bonds is 11. The summed E-state index contributed by atoms with van der Waals surface area (Å²) in [6.45, 7) is 5.75. The second-order valence-corrected chi connectivity index (χ2v) is 5.74. The molecular formula is C17H33N2+. The Balaban J connectivity index is 2.29. The lowest BCUT2D eigenvalue weighted by molar-refractivity contribution is -0.678. The van der Waals surface area contributed by atoms with Gasteiger partial charge in [0.25, 0.3) is 5.82 Å². The summed E-state index contributed by atoms with van der Waals surface area (Å²) < 4.78 is 4.76. The maximum absolute atomic E-state index is 2.46. The molecule has 1 rings (SSSR count). The first kappa shape index (κ1) is 16.3. The zero-order valence-electron chi connectivity index (χ0n) is 13.3. The molecule has 0 aromatic carbocycles. The number of nitrogens with zero attached hydrogens (tertiary/aromatic N) is 2. The van der Waals surface area contributed by atoms with Crippen LogP contribution in [0.2, 0.25) is 0 Å². The molecule has 0 amide bonds. The van der Waals surface area contributed by atoms with Gasteiger partial charge in [0.15, 0.2) is 0 Å². The maximum atomic E-state index is 2.46. The summed E-state index contributed by atoms with van der Waals surface area (Å²) in [5, 5.41) is 0. The van der Waals surface area contributed by atoms with Crippen molar-refractivity contribution in [2.24, 2.45) is 7.05 Å². The van der Waals surface area contributed by atoms with E-state index in [0.717, 1.165) is 0 Å². The quantitative estimate of drug-likeness (QED) is 0.414. The van der Waals surface area contributed by atoms with Crippen LogP contribution in [0.15, 0.2) is 12.4 Å². The van der Waals surface area contributed by atoms with E-state index in [1.54, 1.807) is 0 Å². The van der Waals surface area contributed by atoms with Crippen LogP contribution in [0, 0.1) is 0 Å². The first-order valence-electron chi connectivity index (χ1n) is 8.33. The lowest BCUT2D eigenvalue weighted by atomic mass is 10.1. The molecule has 0 saturated carbocycles. The molecule has 1 heterocycles. The van der Waals surface area contributed by atoms with Crippen LogP contribution >= 0.6 is 0 Å². The third-order valence-electron chi connectivity index (χ3n) is 3.97. The van der Waals surface area contributed by atoms with Gasteiger partial charge >= 0.3 is 0 Å². The molecule has 0 aliphatic heterocycles. The van der Waals surface area contributed by atoms with Gasteiger partial charge < -0.3 is 0 Å². The molecule has 0 N–H and O–H groups in total. The summed E-state index contributed by atoms with van der Waals surface area (Å²) in [6.07, 6.45) is 18.0. The molecule has 0 atom stereocenters. The first-order valence-corrected chi connectivity index (χ1v) is 8.33. The van der Waals surface area contributed by atoms with Crippen molar-refractivity contribution >= 4 is 0 Å². The Labute approximate surface area is 119 Å². The molecule has 2 heteroatoms. The van der Waals surface area contributed by atoms with Crippen molar-refractivity contribution in [3.8, 4) is 0 Å². The number of imidazole rings is 1. The van der Waals surface area contributed by atoms with Crippen molar-refractivity contribution in [1.29, 1.82) is 0 Å². The highest BCUT2D eigenvalue weighted by atomic mass is 15.1. The van der Waals surface area contributed by atoms with Crippen molar-refractivity contribution in [2.75, 3.05) is 0 Å². The Bertz CT molecular complexity index is 328. The van der Waals surface area contributed by atoms with Gasteiger partial charge in [-0.05, 0) is 19.3 Å². The van der Waals surface area contributed by atoms with Crippen LogP contribution in [-0.4, -0.2) is 4.57 Å². The minimum atomic E-state index is 1.19. The zero-order chi connectivity index (χ0) is 13.9. The Morgan fingerprint density at radius 3 is 2.26 bits per heavy atom. The van der Waals surface area contributed by atoms with Gasteiger partial charge in [0.2, 0.25) is 0 Å². The van der Waals surface area contributed by atoms with Crippen LogP contribution in [0.1, 0.15) is 77.5 Å². The fourth-order valence-electron chi connectivity index (χ4n) is 2.67. The highest BCUT2D eigenvalue weighted by molar-refractivity contribution is 4.84. The molecule has 0 aliphatic carbocycles. The van der Waals surface area contributed by atoms with Crippen LogP contribution in [0.3, 0.4) is 0 Å². The molecule has 0 fully saturated rings. The van der Waals surface area contributed by atoms with E-state index in [9.17, 15) is 0 Å². The molecule has 0 radical (unpaired) electrons. The van der Waals surface area contributed by atoms with E-state index in [1.165, 1.54) is 76.6 Å². The molecule has 19 heavy (non-hydrogen) atoms. The van der Waals surface area contributed by atoms with Gasteiger partial charge in [-0.15, -0.1) is 0 Å². The van der Waals surface area contributed by atoms with Crippen molar-refractivity contribution in [3.05, 3.63) is 18.2 Å². The molecule has 0 unspecified atom stereocenters. The van der Waals surface area contributed by atoms with Crippen molar-refractivity contribution in [3.63, 3.8) is 0 Å². The average Bonchev–Trinajstić information content (AvgIpc) is 2.75. The summed E-state index contributed by atoms with van der Waals surface area (Å²) in [6, 6.07) is 0. The van der Waals surface area contributed by atoms with E-state index in [2.05, 4.69) is 42.4 Å². The molecule has 2 nitrogen and oxygen atoms in total. The van der Waals surface area contributed by atoms with Crippen LogP contribution in [0.5, 0.6) is 0 Å². The summed E-state index contributed by atoms with van der Waals surface area (Å²) in [5.41, 5.74) is 0. The summed E-state index contributed by atoms with van der Waals surface area (Å²) >= 11 is 0. The lowest BCUT2D eigenvalue weighted by Gasteiger charge is -2.03. The van der Waals surface area contributed by atoms with Crippen LogP contribution in [-0.2, 0) is 20.0 Å². The Hall–Kier alpha value is -0.790. The summed E-state index contributed by atoms with van der Waals surface area (Å²) in [7, 11) is 2.18. The normalized spacial score (nSPS) is 11.1. The second-order valence-electron chi connectivity index (χ2n) is 5.74. The number of aromatic nitrogens is 2. The Morgan fingerprint density at radius 1 is 0.895 bits per heavy atom. The second kappa shape index (κ2) is 10.1. The van der Waals surface area contributed by atoms with Crippen molar-refractivity contribution in [1.82, 2.24) is 4.57 Å². The van der Waals surface area contributed by atoms with Crippen molar-refractivity contribution < 1.29 is 4.57 Å². The van der Waals surface area contributed by atoms with Crippen LogP contribution in [0.25, 0.3) is 0 Å². The van der Waals surface area contributed by atoms with Gasteiger partial charge in [0.1, 0.15) is 12.4 Å². The van der Waals surface area contributed by atoms with E-state index >= 15 is 0 Å². The Kier molecular flexibility index (Phi) is 8.61. The highest BCUT2D eigenvalue weighted by Crippen LogP contribution is 2.09. The summed E-state index contributed by atoms with van der Waals surface area (Å²) in [5.74, 6) is 1.51. The zero-order valence-corrected chi connectivity index (χ0v) is 13.3. The number of unbranched alkanes of at least 4 members (excludes halogenated alkanes) is 7. The molecule has 0 bridgehead atoms. The molecule has 0 spiro atoms. The lowest BCUT2D eigenvalue weighted by Crippen LogP contribution is -2.32. The van der Waals surface area contributed by atoms with Crippen molar-refractivity contribution in [2.45, 2.75) is 84.6 Å². The first-order chi connectivity index (χ1) is 9.29. The molecule has 110 valence electrons. The van der Waals surface area contributed by atoms with Gasteiger partial charge in [-0.3, -0.25) is 0 Å². The summed E-state index contributed by atoms with van der Waals surface area (Å²) in [4.78, 5) is 0. The third-order valence-corrected chi connectivity index (χ3v) is 3.97. The molecule has 1 aromatic heterocycles. The van der Waals surface area contributed by atoms with E-state index in [-0.39, 0.29) is 0 Å². The van der Waals surface area contributed by atoms with Gasteiger partial charge in [-0.2, -0.15) is 0 Å². The van der Waals surface area contributed by atoms with Crippen LogP contribution in [0.4, 0.5) is 0 Å². The molecule has 1 aromatic rings. The number of aryl methyl sites for hydroxylation is 2. The van der Waals surface area contributed by atoms with E-state index < -0.39 is 0 Å². The van der Waals surface area contributed by atoms with Gasteiger partial charge in [0, 0.05) is 6.42 Å². The fourth-order valence-corrected chi connectivity index (χ4v) is 2.67. The molecule has 0 saturated heterocycles. The molecular weight excluding hydrogens is 232 g/mol. The minimum Gasteiger partial charge on any atom is -0.237 e. The fraction of sp³-hybridized carbons (Fsp3) is 0.824. The minimum absolute atomic E-state index is 1.19. The number of hydrogen-bond acceptors (Lipinski definition) is 0.